The van der Waals surface area contributed by atoms with Gasteiger partial charge in [-0.3, -0.25) is 4.79 Å². The molecule has 2 N–H and O–H groups in total. The Hall–Kier alpha value is -1.60. The minimum absolute atomic E-state index is 0.0686. The molecule has 1 aromatic rings. The van der Waals surface area contributed by atoms with E-state index in [2.05, 4.69) is 22.5 Å². The molecule has 1 unspecified atom stereocenters. The number of hydrogen-bond acceptors (Lipinski definition) is 3. The van der Waals surface area contributed by atoms with Crippen molar-refractivity contribution < 1.29 is 13.6 Å². The number of likely N-dealkylation sites (tertiary alicyclic amines) is 1. The molecule has 2 rings (SSSR count). The molecule has 30 heavy (non-hydrogen) atoms. The zero-order valence-electron chi connectivity index (χ0n) is 18.4. The monoisotopic (exact) mass is 439 g/mol. The van der Waals surface area contributed by atoms with E-state index in [9.17, 15) is 13.6 Å². The summed E-state index contributed by atoms with van der Waals surface area (Å²) in [6, 6.07) is 5.22. The number of thiocarbonyl (C=S) groups is 1. The number of nitrogens with zero attached hydrogens (tertiary/aromatic N) is 1. The first-order chi connectivity index (χ1) is 14.2. The van der Waals surface area contributed by atoms with Crippen molar-refractivity contribution in [2.24, 2.45) is 5.92 Å². The van der Waals surface area contributed by atoms with E-state index in [4.69, 9.17) is 12.2 Å². The maximum absolute atomic E-state index is 14.2. The molecule has 1 heterocycles. The van der Waals surface area contributed by atoms with Gasteiger partial charge in [0.05, 0.1) is 5.92 Å². The highest BCUT2D eigenvalue weighted by molar-refractivity contribution is 7.80. The van der Waals surface area contributed by atoms with Gasteiger partial charge in [0.2, 0.25) is 5.91 Å². The average molecular weight is 440 g/mol. The van der Waals surface area contributed by atoms with Crippen LogP contribution in [-0.4, -0.2) is 36.1 Å². The van der Waals surface area contributed by atoms with Crippen LogP contribution in [0.25, 0.3) is 0 Å². The Morgan fingerprint density at radius 3 is 2.73 bits per heavy atom. The first-order valence-electron chi connectivity index (χ1n) is 11.0. The van der Waals surface area contributed by atoms with Gasteiger partial charge >= 0.3 is 0 Å². The second-order valence-electron chi connectivity index (χ2n) is 8.46. The summed E-state index contributed by atoms with van der Waals surface area (Å²) in [5, 5.41) is 5.96. The second-order valence-corrected chi connectivity index (χ2v) is 8.87. The van der Waals surface area contributed by atoms with Crippen LogP contribution in [0.15, 0.2) is 18.2 Å². The molecule has 0 aliphatic carbocycles. The van der Waals surface area contributed by atoms with Crippen LogP contribution >= 0.6 is 12.2 Å². The van der Waals surface area contributed by atoms with Gasteiger partial charge in [0.25, 0.3) is 5.92 Å². The fourth-order valence-corrected chi connectivity index (χ4v) is 4.10. The fourth-order valence-electron chi connectivity index (χ4n) is 3.92. The van der Waals surface area contributed by atoms with Crippen LogP contribution in [0.1, 0.15) is 69.1 Å². The Bertz CT molecular complexity index is 721. The molecule has 1 aromatic carbocycles. The third-order valence-corrected chi connectivity index (χ3v) is 5.88. The summed E-state index contributed by atoms with van der Waals surface area (Å²) in [6.07, 6.45) is 6.73. The number of carbonyl (C=O) groups is 1. The Kier molecular flexibility index (Phi) is 9.62. The van der Waals surface area contributed by atoms with Crippen LogP contribution in [0.4, 0.5) is 8.78 Å². The first-order valence-corrected chi connectivity index (χ1v) is 11.4. The molecular formula is C23H35F2N3OS. The molecule has 1 amide bonds. The Morgan fingerprint density at radius 2 is 2.07 bits per heavy atom. The molecule has 0 bridgehead atoms. The molecule has 1 aliphatic heterocycles. The lowest BCUT2D eigenvalue weighted by atomic mass is 9.95. The predicted molar refractivity (Wildman–Crippen MR) is 122 cm³/mol. The third-order valence-electron chi connectivity index (χ3n) is 5.63. The summed E-state index contributed by atoms with van der Waals surface area (Å²) in [6.45, 7) is 5.10. The average Bonchev–Trinajstić information content (AvgIpc) is 2.69. The van der Waals surface area contributed by atoms with E-state index in [0.717, 1.165) is 64.1 Å². The van der Waals surface area contributed by atoms with E-state index >= 15 is 0 Å². The number of hydrogen-bond donors (Lipinski definition) is 2. The van der Waals surface area contributed by atoms with E-state index in [1.54, 1.807) is 12.1 Å². The number of piperidine rings is 1. The van der Waals surface area contributed by atoms with Crippen LogP contribution < -0.4 is 10.6 Å². The van der Waals surface area contributed by atoms with Crippen molar-refractivity contribution in [2.45, 2.75) is 71.3 Å². The quantitative estimate of drug-likeness (QED) is 0.430. The normalized spacial score (nSPS) is 17.6. The molecule has 1 saturated heterocycles. The van der Waals surface area contributed by atoms with Crippen molar-refractivity contribution in [3.63, 3.8) is 0 Å². The molecule has 0 radical (unpaired) electrons. The van der Waals surface area contributed by atoms with Crippen LogP contribution in [0.2, 0.25) is 0 Å². The molecule has 168 valence electrons. The SMILES string of the molecule is CCCCCCc1ccc(CNC(=S)NC(=O)C2CCCN(C)C2)cc1C(C)(F)F. The third kappa shape index (κ3) is 7.91. The van der Waals surface area contributed by atoms with Crippen LogP contribution in [0, 0.1) is 5.92 Å². The van der Waals surface area contributed by atoms with Crippen molar-refractivity contribution >= 4 is 23.2 Å². The molecule has 0 aromatic heterocycles. The van der Waals surface area contributed by atoms with Crippen molar-refractivity contribution in [3.8, 4) is 0 Å². The van der Waals surface area contributed by atoms with Crippen LogP contribution in [0.3, 0.4) is 0 Å². The van der Waals surface area contributed by atoms with Gasteiger partial charge < -0.3 is 15.5 Å². The van der Waals surface area contributed by atoms with Crippen LogP contribution in [0.5, 0.6) is 0 Å². The molecule has 0 spiro atoms. The Labute approximate surface area is 184 Å². The minimum Gasteiger partial charge on any atom is -0.358 e. The summed E-state index contributed by atoms with van der Waals surface area (Å²) >= 11 is 5.24. The van der Waals surface area contributed by atoms with E-state index in [1.807, 2.05) is 13.1 Å². The van der Waals surface area contributed by atoms with Crippen molar-refractivity contribution in [1.29, 1.82) is 0 Å². The number of unbranched alkanes of at least 4 members (excludes halogenated alkanes) is 3. The molecule has 4 nitrogen and oxygen atoms in total. The maximum Gasteiger partial charge on any atom is 0.270 e. The van der Waals surface area contributed by atoms with E-state index < -0.39 is 5.92 Å². The Morgan fingerprint density at radius 1 is 1.30 bits per heavy atom. The Balaban J connectivity index is 1.92. The van der Waals surface area contributed by atoms with Gasteiger partial charge in [-0.2, -0.15) is 0 Å². The number of carbonyl (C=O) groups excluding carboxylic acids is 1. The zero-order valence-corrected chi connectivity index (χ0v) is 19.2. The summed E-state index contributed by atoms with van der Waals surface area (Å²) in [4.78, 5) is 14.5. The van der Waals surface area contributed by atoms with Gasteiger partial charge in [-0.05, 0) is 68.7 Å². The molecule has 7 heteroatoms. The largest absolute Gasteiger partial charge is 0.358 e. The number of alkyl halides is 2. The lowest BCUT2D eigenvalue weighted by Crippen LogP contribution is -2.46. The van der Waals surface area contributed by atoms with E-state index in [-0.39, 0.29) is 22.5 Å². The number of amides is 1. The molecule has 0 saturated carbocycles. The number of nitrogens with one attached hydrogen (secondary N) is 2. The van der Waals surface area contributed by atoms with Crippen LogP contribution in [-0.2, 0) is 23.7 Å². The summed E-state index contributed by atoms with van der Waals surface area (Å²) in [5.74, 6) is -3.04. The van der Waals surface area contributed by atoms with Gasteiger partial charge in [-0.15, -0.1) is 0 Å². The smallest absolute Gasteiger partial charge is 0.270 e. The number of benzene rings is 1. The van der Waals surface area contributed by atoms with Gasteiger partial charge in [-0.1, -0.05) is 38.3 Å². The lowest BCUT2D eigenvalue weighted by molar-refractivity contribution is -0.125. The van der Waals surface area contributed by atoms with E-state index in [0.29, 0.717) is 18.5 Å². The number of aryl methyl sites for hydroxylation is 1. The standard InChI is InChI=1S/C23H35F2N3OS/c1-4-5-6-7-9-18-12-11-17(14-20(18)23(2,24)25)15-26-22(30)27-21(29)19-10-8-13-28(3)16-19/h11-12,14,19H,4-10,13,15-16H2,1-3H3,(H2,26,27,29,30). The molecule has 1 atom stereocenters. The summed E-state index contributed by atoms with van der Waals surface area (Å²) in [5.41, 5.74) is 1.51. The highest BCUT2D eigenvalue weighted by Crippen LogP contribution is 2.31. The minimum atomic E-state index is -2.89. The van der Waals surface area contributed by atoms with Gasteiger partial charge in [-0.25, -0.2) is 8.78 Å². The van der Waals surface area contributed by atoms with Gasteiger partial charge in [0, 0.05) is 25.6 Å². The summed E-state index contributed by atoms with van der Waals surface area (Å²) < 4.78 is 28.3. The zero-order chi connectivity index (χ0) is 22.1. The maximum atomic E-state index is 14.2. The summed E-state index contributed by atoms with van der Waals surface area (Å²) in [7, 11) is 2.00. The predicted octanol–water partition coefficient (Wildman–Crippen LogP) is 4.75. The van der Waals surface area contributed by atoms with E-state index in [1.165, 1.54) is 0 Å². The number of rotatable bonds is 9. The van der Waals surface area contributed by atoms with Crippen molar-refractivity contribution in [2.75, 3.05) is 20.1 Å². The highest BCUT2D eigenvalue weighted by atomic mass is 32.1. The molecule has 1 fully saturated rings. The van der Waals surface area contributed by atoms with Gasteiger partial charge in [0.15, 0.2) is 5.11 Å². The second kappa shape index (κ2) is 11.7. The van der Waals surface area contributed by atoms with Crippen molar-refractivity contribution in [3.05, 3.63) is 34.9 Å². The van der Waals surface area contributed by atoms with Crippen molar-refractivity contribution in [1.82, 2.24) is 15.5 Å². The molecule has 1 aliphatic rings. The fraction of sp³-hybridized carbons (Fsp3) is 0.652. The molecular weight excluding hydrogens is 404 g/mol. The van der Waals surface area contributed by atoms with Gasteiger partial charge in [0.1, 0.15) is 0 Å². The topological polar surface area (TPSA) is 44.4 Å². The lowest BCUT2D eigenvalue weighted by Gasteiger charge is -2.28. The highest BCUT2D eigenvalue weighted by Gasteiger charge is 2.28. The number of halogens is 2. The first kappa shape index (κ1) is 24.7.